The summed E-state index contributed by atoms with van der Waals surface area (Å²) in [5, 5.41) is 17.5. The molecule has 0 amide bonds. The van der Waals surface area contributed by atoms with Gasteiger partial charge in [0.15, 0.2) is 0 Å². The molecule has 0 unspecified atom stereocenters. The van der Waals surface area contributed by atoms with Crippen LogP contribution < -0.4 is 15.4 Å². The van der Waals surface area contributed by atoms with Crippen LogP contribution in [0.3, 0.4) is 0 Å². The monoisotopic (exact) mass is 437 g/mol. The van der Waals surface area contributed by atoms with Crippen molar-refractivity contribution in [3.8, 4) is 17.4 Å². The molecule has 5 rings (SSSR count). The van der Waals surface area contributed by atoms with Gasteiger partial charge in [-0.1, -0.05) is 11.6 Å². The maximum atomic E-state index is 10.4. The molecule has 2 aromatic heterocycles. The van der Waals surface area contributed by atoms with Gasteiger partial charge in [0.25, 0.3) is 0 Å². The minimum absolute atomic E-state index is 0.115. The Bertz CT molecular complexity index is 1210. The predicted molar refractivity (Wildman–Crippen MR) is 119 cm³/mol. The number of hydrogen-bond donors (Lipinski definition) is 4. The van der Waals surface area contributed by atoms with E-state index in [1.807, 2.05) is 18.2 Å². The van der Waals surface area contributed by atoms with Gasteiger partial charge in [-0.2, -0.15) is 0 Å². The Kier molecular flexibility index (Phi) is 5.23. The first-order chi connectivity index (χ1) is 15.1. The second kappa shape index (κ2) is 8.33. The number of benzene rings is 2. The maximum absolute atomic E-state index is 10.4. The van der Waals surface area contributed by atoms with Crippen LogP contribution in [-0.4, -0.2) is 39.3 Å². The number of halogens is 1. The summed E-state index contributed by atoms with van der Waals surface area (Å²) in [6.07, 6.45) is 1.50. The third kappa shape index (κ3) is 4.50. The van der Waals surface area contributed by atoms with Gasteiger partial charge in [-0.15, -0.1) is 0 Å². The molecule has 8 nitrogen and oxygen atoms in total. The van der Waals surface area contributed by atoms with E-state index in [4.69, 9.17) is 21.1 Å². The molecule has 4 aromatic rings. The Morgan fingerprint density at radius 3 is 2.81 bits per heavy atom. The molecule has 0 saturated carbocycles. The highest BCUT2D eigenvalue weighted by Crippen LogP contribution is 2.28. The maximum Gasteiger partial charge on any atom is 0.219 e. The molecule has 0 aliphatic carbocycles. The highest BCUT2D eigenvalue weighted by atomic mass is 35.5. The Morgan fingerprint density at radius 2 is 2.06 bits per heavy atom. The van der Waals surface area contributed by atoms with Crippen molar-refractivity contribution in [3.63, 3.8) is 0 Å². The van der Waals surface area contributed by atoms with Crippen LogP contribution in [0.1, 0.15) is 5.56 Å². The molecular weight excluding hydrogens is 418 g/mol. The van der Waals surface area contributed by atoms with E-state index in [9.17, 15) is 5.11 Å². The highest BCUT2D eigenvalue weighted by Gasteiger charge is 2.18. The van der Waals surface area contributed by atoms with E-state index >= 15 is 0 Å². The zero-order chi connectivity index (χ0) is 21.2. The smallest absolute Gasteiger partial charge is 0.219 e. The number of nitrogens with one attached hydrogen (secondary N) is 3. The number of pyridine rings is 1. The SMILES string of the molecule is Oc1cc(Oc2ccc(Cl)cn2)ccc1CNc1nc2ccc(NC3COC3)cc2[nH]1. The van der Waals surface area contributed by atoms with E-state index in [0.717, 1.165) is 29.9 Å². The second-order valence-electron chi connectivity index (χ2n) is 7.26. The number of aromatic nitrogens is 3. The Balaban J connectivity index is 1.23. The molecule has 1 saturated heterocycles. The van der Waals surface area contributed by atoms with E-state index in [-0.39, 0.29) is 5.75 Å². The second-order valence-corrected chi connectivity index (χ2v) is 7.69. The van der Waals surface area contributed by atoms with Gasteiger partial charge in [0, 0.05) is 36.1 Å². The first-order valence-electron chi connectivity index (χ1n) is 9.81. The number of nitrogens with zero attached hydrogens (tertiary/aromatic N) is 2. The van der Waals surface area contributed by atoms with Crippen LogP contribution in [0.25, 0.3) is 11.0 Å². The molecule has 158 valence electrons. The molecule has 3 heterocycles. The van der Waals surface area contributed by atoms with E-state index in [1.54, 1.807) is 30.3 Å². The standard InChI is InChI=1S/C22H20ClN5O3/c23-14-2-6-21(24-10-14)31-17-4-1-13(20(29)8-17)9-25-22-27-18-5-3-15(7-19(18)28-22)26-16-11-30-12-16/h1-8,10,16,26,29H,9,11-12H2,(H2,25,27,28). The van der Waals surface area contributed by atoms with Gasteiger partial charge in [0.2, 0.25) is 11.8 Å². The number of H-pyrrole nitrogens is 1. The van der Waals surface area contributed by atoms with Crippen molar-refractivity contribution in [2.75, 3.05) is 23.8 Å². The summed E-state index contributed by atoms with van der Waals surface area (Å²) in [5.74, 6) is 1.63. The molecule has 1 fully saturated rings. The molecule has 0 radical (unpaired) electrons. The average molecular weight is 438 g/mol. The average Bonchev–Trinajstić information content (AvgIpc) is 3.14. The van der Waals surface area contributed by atoms with Gasteiger partial charge in [-0.05, 0) is 36.4 Å². The van der Waals surface area contributed by atoms with Gasteiger partial charge < -0.3 is 30.2 Å². The summed E-state index contributed by atoms with van der Waals surface area (Å²) in [6.45, 7) is 1.87. The predicted octanol–water partition coefficient (Wildman–Crippen LogP) is 4.53. The molecule has 0 bridgehead atoms. The Hall–Kier alpha value is -3.49. The lowest BCUT2D eigenvalue weighted by Crippen LogP contribution is -2.40. The topological polar surface area (TPSA) is 104 Å². The van der Waals surface area contributed by atoms with E-state index in [1.165, 1.54) is 6.20 Å². The minimum atomic E-state index is 0.115. The van der Waals surface area contributed by atoms with Gasteiger partial charge in [0.05, 0.1) is 35.3 Å². The molecule has 2 aromatic carbocycles. The molecule has 31 heavy (non-hydrogen) atoms. The zero-order valence-corrected chi connectivity index (χ0v) is 17.2. The van der Waals surface area contributed by atoms with Crippen LogP contribution in [0.5, 0.6) is 17.4 Å². The van der Waals surface area contributed by atoms with Crippen LogP contribution in [0.4, 0.5) is 11.6 Å². The molecular formula is C22H20ClN5O3. The summed E-state index contributed by atoms with van der Waals surface area (Å²) >= 11 is 5.83. The fraction of sp³-hybridized carbons (Fsp3) is 0.182. The Labute approximate surface area is 183 Å². The van der Waals surface area contributed by atoms with Crippen molar-refractivity contribution in [2.24, 2.45) is 0 Å². The van der Waals surface area contributed by atoms with Crippen LogP contribution in [0.15, 0.2) is 54.7 Å². The van der Waals surface area contributed by atoms with Gasteiger partial charge >= 0.3 is 0 Å². The molecule has 1 aliphatic rings. The van der Waals surface area contributed by atoms with Crippen LogP contribution in [0, 0.1) is 0 Å². The van der Waals surface area contributed by atoms with Crippen molar-refractivity contribution < 1.29 is 14.6 Å². The van der Waals surface area contributed by atoms with E-state index < -0.39 is 0 Å². The quantitative estimate of drug-likeness (QED) is 0.336. The number of phenolic OH excluding ortho intramolecular Hbond substituents is 1. The fourth-order valence-electron chi connectivity index (χ4n) is 3.22. The number of rotatable bonds is 7. The first kappa shape index (κ1) is 19.5. The largest absolute Gasteiger partial charge is 0.507 e. The normalized spacial score (nSPS) is 13.7. The number of fused-ring (bicyclic) bond motifs is 1. The summed E-state index contributed by atoms with van der Waals surface area (Å²) in [5.41, 5.74) is 3.53. The molecule has 0 atom stereocenters. The van der Waals surface area contributed by atoms with E-state index in [0.29, 0.717) is 40.8 Å². The zero-order valence-electron chi connectivity index (χ0n) is 16.4. The molecule has 0 spiro atoms. The van der Waals surface area contributed by atoms with Crippen molar-refractivity contribution in [2.45, 2.75) is 12.6 Å². The van der Waals surface area contributed by atoms with Crippen molar-refractivity contribution in [3.05, 3.63) is 65.3 Å². The number of ether oxygens (including phenoxy) is 2. The summed E-state index contributed by atoms with van der Waals surface area (Å²) in [6, 6.07) is 14.8. The molecule has 1 aliphatic heterocycles. The number of aromatic amines is 1. The third-order valence-corrected chi connectivity index (χ3v) is 5.14. The van der Waals surface area contributed by atoms with Crippen LogP contribution in [-0.2, 0) is 11.3 Å². The number of aromatic hydroxyl groups is 1. The van der Waals surface area contributed by atoms with E-state index in [2.05, 4.69) is 25.6 Å². The Morgan fingerprint density at radius 1 is 1.16 bits per heavy atom. The lowest BCUT2D eigenvalue weighted by Gasteiger charge is -2.27. The van der Waals surface area contributed by atoms with Crippen molar-refractivity contribution in [1.82, 2.24) is 15.0 Å². The number of anilines is 2. The number of phenols is 1. The molecule has 9 heteroatoms. The lowest BCUT2D eigenvalue weighted by atomic mass is 10.2. The summed E-state index contributed by atoms with van der Waals surface area (Å²) in [7, 11) is 0. The van der Waals surface area contributed by atoms with Gasteiger partial charge in [0.1, 0.15) is 11.5 Å². The number of imidazole rings is 1. The van der Waals surface area contributed by atoms with Crippen LogP contribution in [0.2, 0.25) is 5.02 Å². The summed E-state index contributed by atoms with van der Waals surface area (Å²) in [4.78, 5) is 11.9. The third-order valence-electron chi connectivity index (χ3n) is 4.92. The lowest BCUT2D eigenvalue weighted by molar-refractivity contribution is 0.0211. The molecule has 4 N–H and O–H groups in total. The van der Waals surface area contributed by atoms with Crippen molar-refractivity contribution >= 4 is 34.3 Å². The summed E-state index contributed by atoms with van der Waals surface area (Å²) < 4.78 is 10.8. The van der Waals surface area contributed by atoms with Gasteiger partial charge in [-0.25, -0.2) is 9.97 Å². The minimum Gasteiger partial charge on any atom is -0.507 e. The number of hydrogen-bond acceptors (Lipinski definition) is 7. The first-order valence-corrected chi connectivity index (χ1v) is 10.2. The van der Waals surface area contributed by atoms with Gasteiger partial charge in [-0.3, -0.25) is 0 Å². The fourth-order valence-corrected chi connectivity index (χ4v) is 3.33. The highest BCUT2D eigenvalue weighted by molar-refractivity contribution is 6.30. The van der Waals surface area contributed by atoms with Crippen molar-refractivity contribution in [1.29, 1.82) is 0 Å². The van der Waals surface area contributed by atoms with Crippen LogP contribution >= 0.6 is 11.6 Å².